The normalized spacial score (nSPS) is 30.9. The molecule has 2 amide bonds. The van der Waals surface area contributed by atoms with E-state index < -0.39 is 23.5 Å². The first kappa shape index (κ1) is 18.6. The van der Waals surface area contributed by atoms with Gasteiger partial charge in [0.05, 0.1) is 38.8 Å². The Labute approximate surface area is 163 Å². The van der Waals surface area contributed by atoms with Gasteiger partial charge in [0.25, 0.3) is 0 Å². The van der Waals surface area contributed by atoms with Crippen molar-refractivity contribution in [3.63, 3.8) is 0 Å². The lowest BCUT2D eigenvalue weighted by Gasteiger charge is -2.45. The van der Waals surface area contributed by atoms with Crippen LogP contribution < -0.4 is 9.47 Å². The average Bonchev–Trinajstić information content (AvgIpc) is 2.96. The first-order valence-corrected chi connectivity index (χ1v) is 9.39. The number of carbonyl (C=O) groups is 3. The van der Waals surface area contributed by atoms with Crippen molar-refractivity contribution in [2.24, 2.45) is 11.8 Å². The fourth-order valence-corrected chi connectivity index (χ4v) is 5.01. The Kier molecular flexibility index (Phi) is 4.24. The molecule has 0 radical (unpaired) electrons. The van der Waals surface area contributed by atoms with E-state index in [1.165, 1.54) is 4.90 Å². The molecule has 1 aromatic carbocycles. The number of hydrogen-bond donors (Lipinski definition) is 0. The van der Waals surface area contributed by atoms with Crippen molar-refractivity contribution < 1.29 is 28.6 Å². The van der Waals surface area contributed by atoms with Gasteiger partial charge >= 0.3 is 5.97 Å². The van der Waals surface area contributed by atoms with Crippen LogP contribution in [-0.2, 0) is 19.1 Å². The zero-order chi connectivity index (χ0) is 20.2. The summed E-state index contributed by atoms with van der Waals surface area (Å²) in [6, 6.07) is 4.94. The topological polar surface area (TPSA) is 85.4 Å². The molecule has 0 spiro atoms. The first-order valence-electron chi connectivity index (χ1n) is 9.39. The highest BCUT2D eigenvalue weighted by Crippen LogP contribution is 2.56. The Morgan fingerprint density at radius 1 is 1.36 bits per heavy atom. The van der Waals surface area contributed by atoms with Crippen LogP contribution in [-0.4, -0.2) is 67.0 Å². The summed E-state index contributed by atoms with van der Waals surface area (Å²) in [5, 5.41) is 0. The number of amides is 2. The quantitative estimate of drug-likeness (QED) is 0.718. The van der Waals surface area contributed by atoms with Crippen LogP contribution in [0.25, 0.3) is 0 Å². The maximum Gasteiger partial charge on any atom is 0.312 e. The Hall–Kier alpha value is -2.77. The van der Waals surface area contributed by atoms with Gasteiger partial charge in [0.2, 0.25) is 11.8 Å². The standard InChI is InChI=1S/C20H24N2O6/c1-5-27-18(24)16-13-10-28-14-7-6-11(26-4)8-12(14)17(13)22-15(23)9-21(3)19(25)20(16,22)2/h6-8,13,16-17H,5,9-10H2,1-4H3/t13-,16-,17+,20-/m1/s1. The number of methoxy groups -OCH3 is 1. The van der Waals surface area contributed by atoms with E-state index in [1.54, 1.807) is 45.0 Å². The van der Waals surface area contributed by atoms with Crippen molar-refractivity contribution in [3.05, 3.63) is 23.8 Å². The minimum absolute atomic E-state index is 0.0205. The highest BCUT2D eigenvalue weighted by molar-refractivity contribution is 6.02. The average molecular weight is 388 g/mol. The molecule has 0 aromatic heterocycles. The van der Waals surface area contributed by atoms with E-state index in [4.69, 9.17) is 14.2 Å². The summed E-state index contributed by atoms with van der Waals surface area (Å²) in [6.07, 6.45) is 0. The van der Waals surface area contributed by atoms with Gasteiger partial charge in [-0.3, -0.25) is 14.4 Å². The molecular formula is C20H24N2O6. The fraction of sp³-hybridized carbons (Fsp3) is 0.550. The molecule has 2 saturated heterocycles. The molecule has 1 aromatic rings. The molecule has 28 heavy (non-hydrogen) atoms. The third-order valence-electron chi connectivity index (χ3n) is 6.15. The highest BCUT2D eigenvalue weighted by Gasteiger charge is 2.68. The summed E-state index contributed by atoms with van der Waals surface area (Å²) >= 11 is 0. The van der Waals surface area contributed by atoms with E-state index >= 15 is 0 Å². The largest absolute Gasteiger partial charge is 0.497 e. The zero-order valence-electron chi connectivity index (χ0n) is 16.4. The lowest BCUT2D eigenvalue weighted by Crippen LogP contribution is -2.66. The van der Waals surface area contributed by atoms with Crippen molar-refractivity contribution in [3.8, 4) is 11.5 Å². The first-order chi connectivity index (χ1) is 13.3. The second-order valence-corrected chi connectivity index (χ2v) is 7.63. The van der Waals surface area contributed by atoms with Crippen LogP contribution >= 0.6 is 0 Å². The summed E-state index contributed by atoms with van der Waals surface area (Å²) in [7, 11) is 3.15. The summed E-state index contributed by atoms with van der Waals surface area (Å²) in [5.41, 5.74) is -0.570. The van der Waals surface area contributed by atoms with Gasteiger partial charge in [-0.2, -0.15) is 0 Å². The fourth-order valence-electron chi connectivity index (χ4n) is 5.01. The van der Waals surface area contributed by atoms with Crippen LogP contribution in [0.1, 0.15) is 25.5 Å². The molecule has 0 aliphatic carbocycles. The smallest absolute Gasteiger partial charge is 0.312 e. The van der Waals surface area contributed by atoms with E-state index in [-0.39, 0.29) is 37.5 Å². The summed E-state index contributed by atoms with van der Waals surface area (Å²) in [4.78, 5) is 42.2. The van der Waals surface area contributed by atoms with E-state index in [0.29, 0.717) is 11.5 Å². The molecule has 0 bridgehead atoms. The van der Waals surface area contributed by atoms with Crippen molar-refractivity contribution >= 4 is 17.8 Å². The molecular weight excluding hydrogens is 364 g/mol. The number of piperazine rings is 1. The van der Waals surface area contributed by atoms with Gasteiger partial charge in [0.1, 0.15) is 17.0 Å². The Balaban J connectivity index is 1.91. The summed E-state index contributed by atoms with van der Waals surface area (Å²) in [6.45, 7) is 3.80. The van der Waals surface area contributed by atoms with Crippen LogP contribution in [0.4, 0.5) is 0 Å². The number of fused-ring (bicyclic) bond motifs is 5. The predicted molar refractivity (Wildman–Crippen MR) is 97.7 cm³/mol. The lowest BCUT2D eigenvalue weighted by molar-refractivity contribution is -0.169. The predicted octanol–water partition coefficient (Wildman–Crippen LogP) is 0.997. The minimum Gasteiger partial charge on any atom is -0.497 e. The molecule has 0 unspecified atom stereocenters. The molecule has 3 heterocycles. The van der Waals surface area contributed by atoms with E-state index in [9.17, 15) is 14.4 Å². The molecule has 4 rings (SSSR count). The number of carbonyl (C=O) groups excluding carboxylic acids is 3. The third kappa shape index (κ3) is 2.33. The van der Waals surface area contributed by atoms with E-state index in [2.05, 4.69) is 0 Å². The third-order valence-corrected chi connectivity index (χ3v) is 6.15. The second kappa shape index (κ2) is 6.39. The molecule has 3 aliphatic rings. The van der Waals surface area contributed by atoms with E-state index in [1.807, 2.05) is 6.07 Å². The number of rotatable bonds is 3. The van der Waals surface area contributed by atoms with Crippen molar-refractivity contribution in [2.75, 3.05) is 33.9 Å². The maximum absolute atomic E-state index is 13.2. The summed E-state index contributed by atoms with van der Waals surface area (Å²) < 4.78 is 16.6. The van der Waals surface area contributed by atoms with Gasteiger partial charge in [-0.1, -0.05) is 0 Å². The molecule has 4 atom stereocenters. The van der Waals surface area contributed by atoms with Gasteiger partial charge in [-0.25, -0.2) is 0 Å². The van der Waals surface area contributed by atoms with E-state index in [0.717, 1.165) is 5.56 Å². The van der Waals surface area contributed by atoms with Crippen LogP contribution in [0.2, 0.25) is 0 Å². The highest BCUT2D eigenvalue weighted by atomic mass is 16.5. The number of esters is 1. The number of benzene rings is 1. The minimum atomic E-state index is -1.32. The lowest BCUT2D eigenvalue weighted by atomic mass is 9.77. The Morgan fingerprint density at radius 3 is 2.79 bits per heavy atom. The molecule has 0 saturated carbocycles. The SMILES string of the molecule is CCOC(=O)[C@H]1[C@H]2COc3ccc(OC)cc3[C@@H]2N2C(=O)CN(C)C(=O)[C@@]12C. The Bertz CT molecular complexity index is 855. The van der Waals surface area contributed by atoms with Gasteiger partial charge < -0.3 is 24.0 Å². The van der Waals surface area contributed by atoms with Crippen LogP contribution in [0.3, 0.4) is 0 Å². The number of nitrogens with zero attached hydrogens (tertiary/aromatic N) is 2. The van der Waals surface area contributed by atoms with Crippen molar-refractivity contribution in [1.82, 2.24) is 9.80 Å². The van der Waals surface area contributed by atoms with Gasteiger partial charge in [0, 0.05) is 18.5 Å². The molecule has 2 fully saturated rings. The molecule has 0 N–H and O–H groups in total. The van der Waals surface area contributed by atoms with Crippen molar-refractivity contribution in [1.29, 1.82) is 0 Å². The number of hydrogen-bond acceptors (Lipinski definition) is 6. The molecule has 150 valence electrons. The Morgan fingerprint density at radius 2 is 2.11 bits per heavy atom. The maximum atomic E-state index is 13.2. The van der Waals surface area contributed by atoms with Gasteiger partial charge in [-0.05, 0) is 32.0 Å². The van der Waals surface area contributed by atoms with Gasteiger partial charge in [-0.15, -0.1) is 0 Å². The number of ether oxygens (including phenoxy) is 3. The number of likely N-dealkylation sites (N-methyl/N-ethyl adjacent to an activating group) is 1. The zero-order valence-corrected chi connectivity index (χ0v) is 16.4. The second-order valence-electron chi connectivity index (χ2n) is 7.63. The van der Waals surface area contributed by atoms with Crippen LogP contribution in [0.5, 0.6) is 11.5 Å². The molecule has 3 aliphatic heterocycles. The molecule has 8 nitrogen and oxygen atoms in total. The van der Waals surface area contributed by atoms with Crippen LogP contribution in [0.15, 0.2) is 18.2 Å². The van der Waals surface area contributed by atoms with Gasteiger partial charge in [0.15, 0.2) is 0 Å². The van der Waals surface area contributed by atoms with Crippen molar-refractivity contribution in [2.45, 2.75) is 25.4 Å². The molecule has 8 heteroatoms. The monoisotopic (exact) mass is 388 g/mol. The van der Waals surface area contributed by atoms with Crippen LogP contribution in [0, 0.1) is 11.8 Å². The summed E-state index contributed by atoms with van der Waals surface area (Å²) in [5.74, 6) is -0.871.